The molecule has 2 aromatic carbocycles. The summed E-state index contributed by atoms with van der Waals surface area (Å²) in [7, 11) is 0. The van der Waals surface area contributed by atoms with Crippen LogP contribution in [0, 0.1) is 0 Å². The second-order valence-corrected chi connectivity index (χ2v) is 8.80. The number of nitrogens with zero attached hydrogens (tertiary/aromatic N) is 3. The van der Waals surface area contributed by atoms with Gasteiger partial charge in [-0.15, -0.1) is 0 Å². The van der Waals surface area contributed by atoms with Crippen LogP contribution in [0.3, 0.4) is 0 Å². The van der Waals surface area contributed by atoms with E-state index in [-0.39, 0.29) is 18.0 Å². The van der Waals surface area contributed by atoms with Crippen molar-refractivity contribution in [3.05, 3.63) is 77.6 Å². The van der Waals surface area contributed by atoms with Crippen molar-refractivity contribution in [3.63, 3.8) is 0 Å². The van der Waals surface area contributed by atoms with E-state index in [4.69, 9.17) is 5.73 Å². The molecule has 2 aliphatic heterocycles. The first-order valence-corrected chi connectivity index (χ1v) is 11.4. The van der Waals surface area contributed by atoms with E-state index in [0.717, 1.165) is 42.8 Å². The normalized spacial score (nSPS) is 19.4. The number of benzene rings is 2. The van der Waals surface area contributed by atoms with Gasteiger partial charge in [0, 0.05) is 31.0 Å². The molecule has 6 heteroatoms. The fraction of sp³-hybridized carbons (Fsp3) is 0.346. The van der Waals surface area contributed by atoms with Gasteiger partial charge in [0.25, 0.3) is 5.91 Å². The van der Waals surface area contributed by atoms with Crippen LogP contribution in [-0.2, 0) is 24.2 Å². The number of aromatic nitrogens is 2. The van der Waals surface area contributed by atoms with E-state index in [1.54, 1.807) is 0 Å². The lowest BCUT2D eigenvalue weighted by Gasteiger charge is -2.28. The van der Waals surface area contributed by atoms with Gasteiger partial charge in [-0.25, -0.2) is 4.98 Å². The maximum absolute atomic E-state index is 13.3. The number of amides is 2. The molecule has 2 aliphatic rings. The van der Waals surface area contributed by atoms with Crippen molar-refractivity contribution < 1.29 is 9.59 Å². The quantitative estimate of drug-likeness (QED) is 0.651. The summed E-state index contributed by atoms with van der Waals surface area (Å²) >= 11 is 0. The maximum atomic E-state index is 13.3. The summed E-state index contributed by atoms with van der Waals surface area (Å²) in [4.78, 5) is 32.2. The minimum Gasteiger partial charge on any atom is -0.364 e. The molecular formula is C26H28N4O2. The molecule has 2 amide bonds. The highest BCUT2D eigenvalue weighted by Gasteiger charge is 2.41. The Hall–Kier alpha value is -3.41. The number of aryl methyl sites for hydroxylation is 1. The molecule has 2 bridgehead atoms. The average Bonchev–Trinajstić information content (AvgIpc) is 3.31. The lowest BCUT2D eigenvalue weighted by molar-refractivity contribution is -0.134. The number of carbonyl (C=O) groups is 2. The van der Waals surface area contributed by atoms with Gasteiger partial charge < -0.3 is 15.2 Å². The number of fused-ring (bicyclic) bond motifs is 3. The fourth-order valence-corrected chi connectivity index (χ4v) is 5.29. The highest BCUT2D eigenvalue weighted by Crippen LogP contribution is 2.36. The first kappa shape index (κ1) is 20.5. The smallest absolute Gasteiger partial charge is 0.269 e. The third-order valence-electron chi connectivity index (χ3n) is 6.77. The van der Waals surface area contributed by atoms with Crippen LogP contribution in [-0.4, -0.2) is 38.3 Å². The first-order chi connectivity index (χ1) is 15.6. The van der Waals surface area contributed by atoms with E-state index in [0.29, 0.717) is 25.1 Å². The maximum Gasteiger partial charge on any atom is 0.269 e. The average molecular weight is 429 g/mol. The van der Waals surface area contributed by atoms with Crippen molar-refractivity contribution in [1.29, 1.82) is 0 Å². The van der Waals surface area contributed by atoms with Crippen LogP contribution in [0.1, 0.15) is 47.4 Å². The van der Waals surface area contributed by atoms with E-state index in [2.05, 4.69) is 26.6 Å². The Balaban J connectivity index is 1.38. The number of imidazole rings is 1. The number of hydrogen-bond donors (Lipinski definition) is 1. The molecule has 164 valence electrons. The van der Waals surface area contributed by atoms with Gasteiger partial charge in [-0.2, -0.15) is 0 Å². The Morgan fingerprint density at radius 3 is 2.38 bits per heavy atom. The zero-order valence-electron chi connectivity index (χ0n) is 18.1. The summed E-state index contributed by atoms with van der Waals surface area (Å²) in [5.41, 5.74) is 9.13. The SMILES string of the molecule is NC(=O)c1nc(-c2ccccc2)n2c1C[C@@H]1CC[C@H](C2)N1C(=O)CCCc1ccccc1. The number of primary amides is 1. The minimum absolute atomic E-state index is 0.101. The van der Waals surface area contributed by atoms with Crippen LogP contribution in [0.25, 0.3) is 11.4 Å². The van der Waals surface area contributed by atoms with Gasteiger partial charge in [0.1, 0.15) is 11.5 Å². The van der Waals surface area contributed by atoms with Crippen LogP contribution in [0.4, 0.5) is 0 Å². The highest BCUT2D eigenvalue weighted by molar-refractivity contribution is 5.93. The molecule has 5 rings (SSSR count). The van der Waals surface area contributed by atoms with Crippen molar-refractivity contribution in [3.8, 4) is 11.4 Å². The zero-order chi connectivity index (χ0) is 22.1. The summed E-state index contributed by atoms with van der Waals surface area (Å²) in [5.74, 6) is 0.474. The van der Waals surface area contributed by atoms with Gasteiger partial charge in [-0.05, 0) is 31.2 Å². The van der Waals surface area contributed by atoms with Crippen LogP contribution in [0.2, 0.25) is 0 Å². The number of nitrogens with two attached hydrogens (primary N) is 1. The molecule has 1 saturated heterocycles. The molecule has 0 unspecified atom stereocenters. The van der Waals surface area contributed by atoms with Crippen molar-refractivity contribution in [2.75, 3.05) is 0 Å². The summed E-state index contributed by atoms with van der Waals surface area (Å²) in [6.07, 6.45) is 4.85. The molecule has 2 atom stereocenters. The van der Waals surface area contributed by atoms with Gasteiger partial charge in [-0.1, -0.05) is 60.7 Å². The molecule has 1 aromatic heterocycles. The Morgan fingerprint density at radius 2 is 1.66 bits per heavy atom. The lowest BCUT2D eigenvalue weighted by Crippen LogP contribution is -2.42. The lowest BCUT2D eigenvalue weighted by atomic mass is 10.0. The molecule has 3 heterocycles. The topological polar surface area (TPSA) is 81.2 Å². The Bertz CT molecular complexity index is 1120. The largest absolute Gasteiger partial charge is 0.364 e. The van der Waals surface area contributed by atoms with Gasteiger partial charge in [0.15, 0.2) is 0 Å². The van der Waals surface area contributed by atoms with E-state index in [9.17, 15) is 9.59 Å². The molecule has 32 heavy (non-hydrogen) atoms. The summed E-state index contributed by atoms with van der Waals surface area (Å²) in [6.45, 7) is 0.654. The van der Waals surface area contributed by atoms with E-state index in [1.807, 2.05) is 48.5 Å². The summed E-state index contributed by atoms with van der Waals surface area (Å²) in [5, 5.41) is 0. The standard InChI is InChI=1S/C26H28N4O2/c27-25(32)24-22-16-20-14-15-21(17-29(22)26(28-24)19-11-5-2-6-12-19)30(20)23(31)13-7-10-18-8-3-1-4-9-18/h1-6,8-9,11-12,20-21H,7,10,13-17H2,(H2,27,32)/t20-,21+/m0/s1. The number of rotatable bonds is 6. The third kappa shape index (κ3) is 3.81. The Labute approximate surface area is 188 Å². The van der Waals surface area contributed by atoms with Gasteiger partial charge in [0.05, 0.1) is 11.7 Å². The van der Waals surface area contributed by atoms with E-state index < -0.39 is 5.91 Å². The van der Waals surface area contributed by atoms with Gasteiger partial charge >= 0.3 is 0 Å². The molecule has 0 saturated carbocycles. The van der Waals surface area contributed by atoms with Crippen molar-refractivity contribution in [2.45, 2.75) is 57.2 Å². The first-order valence-electron chi connectivity index (χ1n) is 11.4. The Kier molecular flexibility index (Phi) is 5.52. The molecule has 1 fully saturated rings. The predicted molar refractivity (Wildman–Crippen MR) is 123 cm³/mol. The summed E-state index contributed by atoms with van der Waals surface area (Å²) in [6, 6.07) is 20.4. The molecule has 0 aliphatic carbocycles. The van der Waals surface area contributed by atoms with Gasteiger partial charge in [-0.3, -0.25) is 9.59 Å². The van der Waals surface area contributed by atoms with Crippen LogP contribution >= 0.6 is 0 Å². The Morgan fingerprint density at radius 1 is 0.969 bits per heavy atom. The van der Waals surface area contributed by atoms with Crippen molar-refractivity contribution in [2.24, 2.45) is 5.73 Å². The van der Waals surface area contributed by atoms with Crippen LogP contribution < -0.4 is 5.73 Å². The molecule has 0 spiro atoms. The van der Waals surface area contributed by atoms with E-state index in [1.165, 1.54) is 5.56 Å². The minimum atomic E-state index is -0.505. The van der Waals surface area contributed by atoms with E-state index >= 15 is 0 Å². The highest BCUT2D eigenvalue weighted by atomic mass is 16.2. The molecule has 2 N–H and O–H groups in total. The van der Waals surface area contributed by atoms with Crippen molar-refractivity contribution >= 4 is 11.8 Å². The fourth-order valence-electron chi connectivity index (χ4n) is 5.29. The molecule has 6 nitrogen and oxygen atoms in total. The zero-order valence-corrected chi connectivity index (χ0v) is 18.1. The predicted octanol–water partition coefficient (Wildman–Crippen LogP) is 3.59. The second-order valence-electron chi connectivity index (χ2n) is 8.80. The monoisotopic (exact) mass is 428 g/mol. The summed E-state index contributed by atoms with van der Waals surface area (Å²) < 4.78 is 2.13. The molecule has 0 radical (unpaired) electrons. The van der Waals surface area contributed by atoms with Crippen LogP contribution in [0.15, 0.2) is 60.7 Å². The number of hydrogen-bond acceptors (Lipinski definition) is 3. The second kappa shape index (κ2) is 8.61. The molecular weight excluding hydrogens is 400 g/mol. The third-order valence-corrected chi connectivity index (χ3v) is 6.77. The molecule has 3 aromatic rings. The van der Waals surface area contributed by atoms with Crippen LogP contribution in [0.5, 0.6) is 0 Å². The number of carbonyl (C=O) groups excluding carboxylic acids is 2. The van der Waals surface area contributed by atoms with Crippen molar-refractivity contribution in [1.82, 2.24) is 14.5 Å². The van der Waals surface area contributed by atoms with Gasteiger partial charge in [0.2, 0.25) is 5.91 Å².